The van der Waals surface area contributed by atoms with E-state index in [-0.39, 0.29) is 5.88 Å². The number of rotatable bonds is 4. The van der Waals surface area contributed by atoms with E-state index in [2.05, 4.69) is 5.32 Å². The van der Waals surface area contributed by atoms with E-state index in [1.165, 1.54) is 6.92 Å². The topological polar surface area (TPSA) is 83.5 Å². The normalized spacial score (nSPS) is 13.4. The minimum Gasteiger partial charge on any atom is -0.480 e. The first kappa shape index (κ1) is 9.38. The second-order valence-electron chi connectivity index (χ2n) is 1.75. The molecule has 0 aromatic rings. The first-order chi connectivity index (χ1) is 4.54. The van der Waals surface area contributed by atoms with Crippen LogP contribution in [0.5, 0.6) is 0 Å². The molecule has 0 amide bonds. The maximum atomic E-state index is 10.1. The summed E-state index contributed by atoms with van der Waals surface area (Å²) in [6.07, 6.45) is 0. The highest BCUT2D eigenvalue weighted by molar-refractivity contribution is 7.72. The lowest BCUT2D eigenvalue weighted by molar-refractivity contribution is -0.138. The lowest BCUT2D eigenvalue weighted by atomic mass is 10.4. The molecule has 0 aliphatic rings. The van der Waals surface area contributed by atoms with Gasteiger partial charge in [-0.25, -0.2) is 8.42 Å². The van der Waals surface area contributed by atoms with E-state index in [0.717, 1.165) is 0 Å². The minimum absolute atomic E-state index is 0.289. The first-order valence-corrected chi connectivity index (χ1v) is 3.98. The van der Waals surface area contributed by atoms with Crippen molar-refractivity contribution < 1.29 is 18.3 Å². The Morgan fingerprint density at radius 3 is 2.50 bits per heavy atom. The van der Waals surface area contributed by atoms with Crippen molar-refractivity contribution in [3.05, 3.63) is 0 Å². The van der Waals surface area contributed by atoms with E-state index in [1.54, 1.807) is 0 Å². The van der Waals surface area contributed by atoms with Crippen LogP contribution in [-0.4, -0.2) is 31.4 Å². The van der Waals surface area contributed by atoms with Gasteiger partial charge in [-0.2, -0.15) is 0 Å². The summed E-state index contributed by atoms with van der Waals surface area (Å²) < 4.78 is 19.8. The van der Waals surface area contributed by atoms with Crippen LogP contribution in [0.4, 0.5) is 0 Å². The van der Waals surface area contributed by atoms with Crippen LogP contribution in [-0.2, 0) is 15.5 Å². The molecule has 1 atom stereocenters. The summed E-state index contributed by atoms with van der Waals surface area (Å²) in [5.41, 5.74) is 0. The van der Waals surface area contributed by atoms with Crippen LogP contribution in [0.25, 0.3) is 0 Å². The number of hydrogen-bond donors (Lipinski definition) is 3. The Morgan fingerprint density at radius 1 is 1.70 bits per heavy atom. The third-order valence-corrected chi connectivity index (χ3v) is 1.34. The number of carboxylic acid groups (broad SMARTS) is 1. The summed E-state index contributed by atoms with van der Waals surface area (Å²) in [5.74, 6) is -1.35. The number of aliphatic carboxylic acids is 1. The molecule has 0 aromatic carbocycles. The van der Waals surface area contributed by atoms with Crippen molar-refractivity contribution in [3.63, 3.8) is 0 Å². The van der Waals surface area contributed by atoms with Crippen LogP contribution in [0.2, 0.25) is 0 Å². The molecular formula is C4H9NO4S. The fraction of sp³-hybridized carbons (Fsp3) is 0.750. The molecule has 0 saturated carbocycles. The number of thiol groups is 1. The van der Waals surface area contributed by atoms with Gasteiger partial charge in [0.1, 0.15) is 6.04 Å². The zero-order valence-electron chi connectivity index (χ0n) is 5.40. The zero-order valence-corrected chi connectivity index (χ0v) is 6.30. The summed E-state index contributed by atoms with van der Waals surface area (Å²) in [7, 11) is -2.53. The maximum Gasteiger partial charge on any atom is 0.320 e. The van der Waals surface area contributed by atoms with Crippen molar-refractivity contribution in [2.45, 2.75) is 13.0 Å². The van der Waals surface area contributed by atoms with Gasteiger partial charge in [0.15, 0.2) is 10.7 Å². The molecule has 0 bridgehead atoms. The van der Waals surface area contributed by atoms with Gasteiger partial charge in [0.25, 0.3) is 0 Å². The van der Waals surface area contributed by atoms with Gasteiger partial charge in [-0.1, -0.05) is 0 Å². The number of hydrogen-bond acceptors (Lipinski definition) is 4. The highest BCUT2D eigenvalue weighted by Crippen LogP contribution is 1.78. The van der Waals surface area contributed by atoms with Gasteiger partial charge in [0.2, 0.25) is 0 Å². The predicted molar refractivity (Wildman–Crippen MR) is 35.4 cm³/mol. The molecule has 6 heteroatoms. The van der Waals surface area contributed by atoms with Crippen molar-refractivity contribution in [2.24, 2.45) is 0 Å². The van der Waals surface area contributed by atoms with Crippen molar-refractivity contribution in [1.29, 1.82) is 0 Å². The standard InChI is InChI=1S/C4H9NO4S/c1-3(4(6)7)5-2-10(8)9/h3,5,10H,2H2,1H3,(H,6,7)/t3-/m0/s1. The molecular weight excluding hydrogens is 158 g/mol. The highest BCUT2D eigenvalue weighted by atomic mass is 32.2. The number of carboxylic acids is 1. The Kier molecular flexibility index (Phi) is 3.97. The fourth-order valence-electron chi connectivity index (χ4n) is 0.299. The van der Waals surface area contributed by atoms with Gasteiger partial charge in [0, 0.05) is 0 Å². The van der Waals surface area contributed by atoms with E-state index >= 15 is 0 Å². The van der Waals surface area contributed by atoms with Gasteiger partial charge in [-0.15, -0.1) is 0 Å². The van der Waals surface area contributed by atoms with Gasteiger partial charge < -0.3 is 5.11 Å². The summed E-state index contributed by atoms with van der Waals surface area (Å²) in [6, 6.07) is -0.812. The minimum atomic E-state index is -2.53. The molecule has 5 nitrogen and oxygen atoms in total. The highest BCUT2D eigenvalue weighted by Gasteiger charge is 2.08. The van der Waals surface area contributed by atoms with Crippen molar-refractivity contribution in [1.82, 2.24) is 5.32 Å². The third kappa shape index (κ3) is 4.28. The second kappa shape index (κ2) is 4.24. The van der Waals surface area contributed by atoms with Crippen molar-refractivity contribution in [3.8, 4) is 0 Å². The smallest absolute Gasteiger partial charge is 0.320 e. The lowest BCUT2D eigenvalue weighted by Crippen LogP contribution is -2.34. The summed E-state index contributed by atoms with van der Waals surface area (Å²) in [5, 5.41) is 10.5. The van der Waals surface area contributed by atoms with Crippen LogP contribution in [0.3, 0.4) is 0 Å². The Bertz CT molecular complexity index is 180. The van der Waals surface area contributed by atoms with Gasteiger partial charge in [-0.3, -0.25) is 10.1 Å². The van der Waals surface area contributed by atoms with Crippen molar-refractivity contribution in [2.75, 3.05) is 5.88 Å². The van der Waals surface area contributed by atoms with E-state index in [1.807, 2.05) is 0 Å². The number of carbonyl (C=O) groups is 1. The van der Waals surface area contributed by atoms with E-state index in [9.17, 15) is 13.2 Å². The van der Waals surface area contributed by atoms with Crippen LogP contribution >= 0.6 is 0 Å². The Labute approximate surface area is 60.0 Å². The molecule has 0 rings (SSSR count). The SMILES string of the molecule is C[C@H](NC[SH](=O)=O)C(=O)O. The van der Waals surface area contributed by atoms with Gasteiger partial charge in [0.05, 0.1) is 5.88 Å². The molecule has 2 N–H and O–H groups in total. The first-order valence-electron chi connectivity index (χ1n) is 2.62. The van der Waals surface area contributed by atoms with Crippen LogP contribution in [0.1, 0.15) is 6.92 Å². The average Bonchev–Trinajstić information content (AvgIpc) is 1.82. The van der Waals surface area contributed by atoms with Gasteiger partial charge >= 0.3 is 5.97 Å². The van der Waals surface area contributed by atoms with E-state index < -0.39 is 22.7 Å². The monoisotopic (exact) mass is 167 g/mol. The van der Waals surface area contributed by atoms with E-state index in [4.69, 9.17) is 5.11 Å². The molecule has 0 unspecified atom stereocenters. The molecule has 0 spiro atoms. The molecule has 10 heavy (non-hydrogen) atoms. The zero-order chi connectivity index (χ0) is 8.15. The van der Waals surface area contributed by atoms with Crippen molar-refractivity contribution >= 4 is 16.7 Å². The molecule has 0 aliphatic carbocycles. The molecule has 0 radical (unpaired) electrons. The Balaban J connectivity index is 3.59. The molecule has 0 fully saturated rings. The summed E-state index contributed by atoms with van der Waals surface area (Å²) >= 11 is 0. The molecule has 0 saturated heterocycles. The van der Waals surface area contributed by atoms with Crippen LogP contribution in [0, 0.1) is 0 Å². The van der Waals surface area contributed by atoms with Crippen LogP contribution in [0.15, 0.2) is 0 Å². The van der Waals surface area contributed by atoms with Crippen LogP contribution < -0.4 is 5.32 Å². The Morgan fingerprint density at radius 2 is 2.20 bits per heavy atom. The summed E-state index contributed by atoms with van der Waals surface area (Å²) in [6.45, 7) is 1.38. The average molecular weight is 167 g/mol. The van der Waals surface area contributed by atoms with Gasteiger partial charge in [-0.05, 0) is 6.92 Å². The Hall–Kier alpha value is -0.620. The second-order valence-corrected chi connectivity index (χ2v) is 2.74. The largest absolute Gasteiger partial charge is 0.480 e. The lowest BCUT2D eigenvalue weighted by Gasteiger charge is -2.03. The molecule has 0 aliphatic heterocycles. The predicted octanol–water partition coefficient (Wildman–Crippen LogP) is -1.38. The molecule has 0 heterocycles. The molecule has 60 valence electrons. The van der Waals surface area contributed by atoms with E-state index in [0.29, 0.717) is 0 Å². The maximum absolute atomic E-state index is 10.1. The fourth-order valence-corrected chi connectivity index (χ4v) is 0.722. The summed E-state index contributed by atoms with van der Waals surface area (Å²) in [4.78, 5) is 10.1. The molecule has 0 aromatic heterocycles. The third-order valence-electron chi connectivity index (χ3n) is 0.897. The number of nitrogens with one attached hydrogen (secondary N) is 1. The quantitative estimate of drug-likeness (QED) is 0.449.